The van der Waals surface area contributed by atoms with Gasteiger partial charge >= 0.3 is 6.18 Å². The van der Waals surface area contributed by atoms with E-state index in [1.165, 1.54) is 0 Å². The van der Waals surface area contributed by atoms with Gasteiger partial charge in [0, 0.05) is 0 Å². The van der Waals surface area contributed by atoms with E-state index in [1.807, 2.05) is 0 Å². The van der Waals surface area contributed by atoms with Gasteiger partial charge in [-0.3, -0.25) is 4.79 Å². The van der Waals surface area contributed by atoms with Crippen LogP contribution in [0.3, 0.4) is 0 Å². The first-order valence-electron chi connectivity index (χ1n) is 3.47. The SMILES string of the molecule is NC(=O)c1cc(CO)oc1C(F)(F)F. The van der Waals surface area contributed by atoms with Crippen LogP contribution in [0.4, 0.5) is 13.2 Å². The Morgan fingerprint density at radius 2 is 2.14 bits per heavy atom. The number of aliphatic hydroxyl groups excluding tert-OH is 1. The lowest BCUT2D eigenvalue weighted by atomic mass is 10.2. The summed E-state index contributed by atoms with van der Waals surface area (Å²) in [5.74, 6) is -3.08. The van der Waals surface area contributed by atoms with Crippen LogP contribution in [0.1, 0.15) is 21.9 Å². The second kappa shape index (κ2) is 3.33. The number of primary amides is 1. The normalized spacial score (nSPS) is 11.7. The highest BCUT2D eigenvalue weighted by Crippen LogP contribution is 2.33. The number of amides is 1. The smallest absolute Gasteiger partial charge is 0.450 e. The standard InChI is InChI=1S/C7H6F3NO3/c8-7(9,10)5-4(6(11)13)1-3(2-12)14-5/h1,12H,2H2,(H2,11,13). The third kappa shape index (κ3) is 1.87. The van der Waals surface area contributed by atoms with Gasteiger partial charge in [-0.25, -0.2) is 0 Å². The summed E-state index contributed by atoms with van der Waals surface area (Å²) in [6, 6.07) is 0.769. The van der Waals surface area contributed by atoms with Gasteiger partial charge < -0.3 is 15.3 Å². The van der Waals surface area contributed by atoms with E-state index in [1.54, 1.807) is 0 Å². The highest BCUT2D eigenvalue weighted by Gasteiger charge is 2.39. The lowest BCUT2D eigenvalue weighted by Crippen LogP contribution is -2.16. The summed E-state index contributed by atoms with van der Waals surface area (Å²) in [6.07, 6.45) is -4.79. The Balaban J connectivity index is 3.26. The minimum atomic E-state index is -4.79. The van der Waals surface area contributed by atoms with Crippen LogP contribution in [0.5, 0.6) is 0 Å². The van der Waals surface area contributed by atoms with Crippen LogP contribution in [0, 0.1) is 0 Å². The number of nitrogens with two attached hydrogens (primary N) is 1. The molecule has 0 aliphatic carbocycles. The molecule has 7 heteroatoms. The van der Waals surface area contributed by atoms with Crippen molar-refractivity contribution in [3.05, 3.63) is 23.2 Å². The van der Waals surface area contributed by atoms with Gasteiger partial charge in [-0.2, -0.15) is 13.2 Å². The first-order chi connectivity index (χ1) is 6.36. The van der Waals surface area contributed by atoms with Crippen molar-refractivity contribution in [3.8, 4) is 0 Å². The van der Waals surface area contributed by atoms with Gasteiger partial charge in [0.2, 0.25) is 5.76 Å². The summed E-state index contributed by atoms with van der Waals surface area (Å²) < 4.78 is 40.7. The van der Waals surface area contributed by atoms with Crippen LogP contribution in [0.2, 0.25) is 0 Å². The van der Waals surface area contributed by atoms with E-state index in [-0.39, 0.29) is 5.76 Å². The van der Waals surface area contributed by atoms with E-state index in [4.69, 9.17) is 10.8 Å². The van der Waals surface area contributed by atoms with E-state index < -0.39 is 30.0 Å². The number of carbonyl (C=O) groups is 1. The molecule has 0 fully saturated rings. The molecule has 0 aromatic carbocycles. The minimum Gasteiger partial charge on any atom is -0.453 e. The maximum atomic E-state index is 12.2. The van der Waals surface area contributed by atoms with Crippen LogP contribution < -0.4 is 5.73 Å². The second-order valence-corrected chi connectivity index (χ2v) is 2.48. The Hall–Kier alpha value is -1.50. The van der Waals surface area contributed by atoms with E-state index in [9.17, 15) is 18.0 Å². The molecule has 4 nitrogen and oxygen atoms in total. The van der Waals surface area contributed by atoms with Crippen LogP contribution in [0.15, 0.2) is 10.5 Å². The van der Waals surface area contributed by atoms with Gasteiger partial charge in [0.05, 0.1) is 5.56 Å². The molecule has 0 bridgehead atoms. The van der Waals surface area contributed by atoms with Gasteiger partial charge in [-0.05, 0) is 6.07 Å². The number of hydrogen-bond acceptors (Lipinski definition) is 3. The number of hydrogen-bond donors (Lipinski definition) is 2. The highest BCUT2D eigenvalue weighted by molar-refractivity contribution is 5.94. The lowest BCUT2D eigenvalue weighted by Gasteiger charge is -2.03. The van der Waals surface area contributed by atoms with Crippen molar-refractivity contribution in [2.24, 2.45) is 5.73 Å². The summed E-state index contributed by atoms with van der Waals surface area (Å²) >= 11 is 0. The van der Waals surface area contributed by atoms with Crippen LogP contribution >= 0.6 is 0 Å². The van der Waals surface area contributed by atoms with E-state index >= 15 is 0 Å². The highest BCUT2D eigenvalue weighted by atomic mass is 19.4. The lowest BCUT2D eigenvalue weighted by molar-refractivity contribution is -0.154. The average molecular weight is 209 g/mol. The first kappa shape index (κ1) is 10.6. The van der Waals surface area contributed by atoms with Crippen molar-refractivity contribution < 1.29 is 27.5 Å². The van der Waals surface area contributed by atoms with Crippen molar-refractivity contribution in [1.29, 1.82) is 0 Å². The fraction of sp³-hybridized carbons (Fsp3) is 0.286. The Bertz CT molecular complexity index is 356. The average Bonchev–Trinajstić information content (AvgIpc) is 2.46. The third-order valence-electron chi connectivity index (χ3n) is 1.46. The molecule has 0 saturated heterocycles. The van der Waals surface area contributed by atoms with Gasteiger partial charge in [0.15, 0.2) is 0 Å². The Morgan fingerprint density at radius 1 is 1.57 bits per heavy atom. The summed E-state index contributed by atoms with van der Waals surface area (Å²) in [5.41, 5.74) is 3.92. The number of aliphatic hydroxyl groups is 1. The number of carbonyl (C=O) groups excluding carboxylic acids is 1. The zero-order valence-corrected chi connectivity index (χ0v) is 6.76. The molecule has 0 atom stereocenters. The molecule has 1 aromatic rings. The van der Waals surface area contributed by atoms with Crippen molar-refractivity contribution in [1.82, 2.24) is 0 Å². The van der Waals surface area contributed by atoms with Crippen molar-refractivity contribution in [2.75, 3.05) is 0 Å². The molecule has 1 rings (SSSR count). The summed E-state index contributed by atoms with van der Waals surface area (Å²) in [4.78, 5) is 10.6. The zero-order chi connectivity index (χ0) is 10.9. The number of rotatable bonds is 2. The molecule has 0 radical (unpaired) electrons. The number of alkyl halides is 3. The van der Waals surface area contributed by atoms with Crippen molar-refractivity contribution >= 4 is 5.91 Å². The monoisotopic (exact) mass is 209 g/mol. The Morgan fingerprint density at radius 3 is 2.43 bits per heavy atom. The van der Waals surface area contributed by atoms with Crippen LogP contribution in [-0.4, -0.2) is 11.0 Å². The molecule has 1 aromatic heterocycles. The molecule has 0 aliphatic heterocycles. The molecule has 3 N–H and O–H groups in total. The number of halogens is 3. The summed E-state index contributed by atoms with van der Waals surface area (Å²) in [5, 5.41) is 8.51. The first-order valence-corrected chi connectivity index (χ1v) is 3.47. The van der Waals surface area contributed by atoms with Crippen LogP contribution in [-0.2, 0) is 12.8 Å². The topological polar surface area (TPSA) is 76.5 Å². The largest absolute Gasteiger partial charge is 0.453 e. The molecular weight excluding hydrogens is 203 g/mol. The summed E-state index contributed by atoms with van der Waals surface area (Å²) in [6.45, 7) is -0.726. The molecule has 0 spiro atoms. The number of furan rings is 1. The Kier molecular flexibility index (Phi) is 2.52. The quantitative estimate of drug-likeness (QED) is 0.759. The molecule has 0 unspecified atom stereocenters. The predicted molar refractivity (Wildman–Crippen MR) is 38.2 cm³/mol. The van der Waals surface area contributed by atoms with E-state index in [0.717, 1.165) is 6.07 Å². The predicted octanol–water partition coefficient (Wildman–Crippen LogP) is 0.890. The molecule has 14 heavy (non-hydrogen) atoms. The maximum Gasteiger partial charge on any atom is 0.450 e. The third-order valence-corrected chi connectivity index (χ3v) is 1.46. The fourth-order valence-electron chi connectivity index (χ4n) is 0.914. The van der Waals surface area contributed by atoms with Crippen molar-refractivity contribution in [3.63, 3.8) is 0 Å². The minimum absolute atomic E-state index is 0.355. The molecule has 78 valence electrons. The van der Waals surface area contributed by atoms with Gasteiger partial charge in [-0.1, -0.05) is 0 Å². The van der Waals surface area contributed by atoms with Gasteiger partial charge in [0.1, 0.15) is 12.4 Å². The molecule has 1 heterocycles. The molecule has 0 aliphatic rings. The Labute approximate surface area is 76.1 Å². The van der Waals surface area contributed by atoms with Gasteiger partial charge in [-0.15, -0.1) is 0 Å². The summed E-state index contributed by atoms with van der Waals surface area (Å²) in [7, 11) is 0. The maximum absolute atomic E-state index is 12.2. The second-order valence-electron chi connectivity index (χ2n) is 2.48. The zero-order valence-electron chi connectivity index (χ0n) is 6.76. The van der Waals surface area contributed by atoms with Crippen LogP contribution in [0.25, 0.3) is 0 Å². The fourth-order valence-corrected chi connectivity index (χ4v) is 0.914. The molecule has 1 amide bonds. The van der Waals surface area contributed by atoms with E-state index in [2.05, 4.69) is 4.42 Å². The van der Waals surface area contributed by atoms with E-state index in [0.29, 0.717) is 0 Å². The molecule has 0 saturated carbocycles. The van der Waals surface area contributed by atoms with Gasteiger partial charge in [0.25, 0.3) is 5.91 Å². The van der Waals surface area contributed by atoms with Crippen molar-refractivity contribution in [2.45, 2.75) is 12.8 Å². The molecular formula is C7H6F3NO3.